The van der Waals surface area contributed by atoms with Gasteiger partial charge in [0.05, 0.1) is 0 Å². The summed E-state index contributed by atoms with van der Waals surface area (Å²) in [5.74, 6) is 0.943. The van der Waals surface area contributed by atoms with Crippen LogP contribution in [0.15, 0.2) is 24.3 Å². The first-order valence-electron chi connectivity index (χ1n) is 6.95. The Bertz CT molecular complexity index is 371. The quantitative estimate of drug-likeness (QED) is 0.834. The molecule has 0 bridgehead atoms. The molecule has 0 radical (unpaired) electrons. The molecule has 1 aliphatic heterocycles. The van der Waals surface area contributed by atoms with Crippen molar-refractivity contribution < 1.29 is 0 Å². The average molecular weight is 230 g/mol. The maximum absolute atomic E-state index is 3.78. The minimum absolute atomic E-state index is 0.557. The van der Waals surface area contributed by atoms with Gasteiger partial charge in [-0.3, -0.25) is 0 Å². The van der Waals surface area contributed by atoms with Crippen LogP contribution in [0.25, 0.3) is 0 Å². The molecule has 0 aromatic heterocycles. The Morgan fingerprint density at radius 2 is 2.06 bits per heavy atom. The lowest BCUT2D eigenvalue weighted by Gasteiger charge is -2.28. The van der Waals surface area contributed by atoms with E-state index in [1.165, 1.54) is 43.4 Å². The molecule has 1 unspecified atom stereocenters. The van der Waals surface area contributed by atoms with Crippen LogP contribution >= 0.6 is 0 Å². The molecule has 3 rings (SSSR count). The van der Waals surface area contributed by atoms with Crippen LogP contribution in [0, 0.1) is 5.92 Å². The van der Waals surface area contributed by atoms with Gasteiger partial charge in [0.1, 0.15) is 0 Å². The summed E-state index contributed by atoms with van der Waals surface area (Å²) in [5.41, 5.74) is 2.98. The van der Waals surface area contributed by atoms with Crippen LogP contribution in [0.4, 0.5) is 0 Å². The lowest BCUT2D eigenvalue weighted by Crippen LogP contribution is -2.31. The van der Waals surface area contributed by atoms with Crippen molar-refractivity contribution >= 4 is 0 Å². The van der Waals surface area contributed by atoms with E-state index >= 15 is 0 Å². The Morgan fingerprint density at radius 3 is 2.88 bits per heavy atom. The van der Waals surface area contributed by atoms with Crippen LogP contribution in [0.3, 0.4) is 0 Å². The van der Waals surface area contributed by atoms with Gasteiger partial charge in [0, 0.05) is 12.6 Å². The summed E-state index contributed by atoms with van der Waals surface area (Å²) >= 11 is 0. The number of rotatable bonds is 3. The maximum atomic E-state index is 3.78. The normalized spacial score (nSPS) is 24.8. The molecule has 1 aliphatic carbocycles. The van der Waals surface area contributed by atoms with Crippen molar-refractivity contribution in [3.63, 3.8) is 0 Å². The van der Waals surface area contributed by atoms with Gasteiger partial charge in [-0.15, -0.1) is 0 Å². The van der Waals surface area contributed by atoms with Crippen molar-refractivity contribution in [2.45, 2.75) is 38.3 Å². The topological polar surface area (TPSA) is 24.1 Å². The van der Waals surface area contributed by atoms with Gasteiger partial charge >= 0.3 is 0 Å². The fourth-order valence-corrected chi connectivity index (χ4v) is 2.88. The lowest BCUT2D eigenvalue weighted by atomic mass is 9.85. The largest absolute Gasteiger partial charge is 0.313 e. The average Bonchev–Trinajstić information content (AvgIpc) is 2.50. The van der Waals surface area contributed by atoms with Crippen LogP contribution in [-0.2, 0) is 6.54 Å². The molecule has 1 saturated carbocycles. The molecule has 2 N–H and O–H groups in total. The first-order valence-corrected chi connectivity index (χ1v) is 6.95. The molecule has 1 aromatic rings. The fraction of sp³-hybridized carbons (Fsp3) is 0.600. The van der Waals surface area contributed by atoms with E-state index in [9.17, 15) is 0 Å². The number of fused-ring (bicyclic) bond motifs is 1. The Balaban J connectivity index is 1.69. The molecule has 0 amide bonds. The second-order valence-corrected chi connectivity index (χ2v) is 5.42. The van der Waals surface area contributed by atoms with E-state index in [2.05, 4.69) is 34.9 Å². The van der Waals surface area contributed by atoms with Crippen molar-refractivity contribution in [1.29, 1.82) is 0 Å². The molecule has 1 aromatic carbocycles. The summed E-state index contributed by atoms with van der Waals surface area (Å²) in [6.45, 7) is 3.35. The molecule has 1 atom stereocenters. The first kappa shape index (κ1) is 11.2. The van der Waals surface area contributed by atoms with E-state index in [1.807, 2.05) is 0 Å². The minimum Gasteiger partial charge on any atom is -0.313 e. The highest BCUT2D eigenvalue weighted by molar-refractivity contribution is 5.31. The monoisotopic (exact) mass is 230 g/mol. The Labute approximate surface area is 104 Å². The molecule has 1 fully saturated rings. The van der Waals surface area contributed by atoms with E-state index in [4.69, 9.17) is 0 Å². The SMILES string of the molecule is c1ccc2c(c1)CNCCC2NCC1CCC1. The molecule has 1 heterocycles. The Kier molecular flexibility index (Phi) is 3.44. The predicted octanol–water partition coefficient (Wildman–Crippen LogP) is 2.61. The molecule has 0 spiro atoms. The highest BCUT2D eigenvalue weighted by Gasteiger charge is 2.21. The first-order chi connectivity index (χ1) is 8.43. The van der Waals surface area contributed by atoms with Crippen molar-refractivity contribution in [2.24, 2.45) is 5.92 Å². The highest BCUT2D eigenvalue weighted by atomic mass is 14.9. The lowest BCUT2D eigenvalue weighted by molar-refractivity contribution is 0.287. The third-order valence-electron chi connectivity index (χ3n) is 4.23. The van der Waals surface area contributed by atoms with Crippen LogP contribution in [0.1, 0.15) is 42.9 Å². The number of hydrogen-bond donors (Lipinski definition) is 2. The van der Waals surface area contributed by atoms with Crippen LogP contribution in [0.5, 0.6) is 0 Å². The number of benzene rings is 1. The number of hydrogen-bond acceptors (Lipinski definition) is 2. The Hall–Kier alpha value is -0.860. The third kappa shape index (κ3) is 2.53. The molecule has 0 saturated heterocycles. The van der Waals surface area contributed by atoms with Crippen LogP contribution in [-0.4, -0.2) is 13.1 Å². The van der Waals surface area contributed by atoms with Crippen molar-refractivity contribution in [3.05, 3.63) is 35.4 Å². The van der Waals surface area contributed by atoms with Crippen molar-refractivity contribution in [1.82, 2.24) is 10.6 Å². The zero-order valence-electron chi connectivity index (χ0n) is 10.4. The van der Waals surface area contributed by atoms with E-state index in [-0.39, 0.29) is 0 Å². The molecule has 2 nitrogen and oxygen atoms in total. The second kappa shape index (κ2) is 5.19. The standard InChI is InChI=1S/C15H22N2/c1-2-7-14-13(6-1)11-16-9-8-15(14)17-10-12-4-3-5-12/h1-2,6-7,12,15-17H,3-5,8-11H2. The Morgan fingerprint density at radius 1 is 1.18 bits per heavy atom. The molecule has 92 valence electrons. The van der Waals surface area contributed by atoms with Gasteiger partial charge in [-0.05, 0) is 49.4 Å². The highest BCUT2D eigenvalue weighted by Crippen LogP contribution is 2.28. The van der Waals surface area contributed by atoms with Gasteiger partial charge in [-0.2, -0.15) is 0 Å². The molecule has 2 aliphatic rings. The van der Waals surface area contributed by atoms with Crippen LogP contribution < -0.4 is 10.6 Å². The summed E-state index contributed by atoms with van der Waals surface area (Å²) in [7, 11) is 0. The van der Waals surface area contributed by atoms with E-state index in [0.717, 1.165) is 19.0 Å². The van der Waals surface area contributed by atoms with Gasteiger partial charge < -0.3 is 10.6 Å². The molecule has 17 heavy (non-hydrogen) atoms. The fourth-order valence-electron chi connectivity index (χ4n) is 2.88. The smallest absolute Gasteiger partial charge is 0.0335 e. The third-order valence-corrected chi connectivity index (χ3v) is 4.23. The number of nitrogens with one attached hydrogen (secondary N) is 2. The zero-order chi connectivity index (χ0) is 11.5. The summed E-state index contributed by atoms with van der Waals surface area (Å²) < 4.78 is 0. The summed E-state index contributed by atoms with van der Waals surface area (Å²) in [6.07, 6.45) is 5.51. The van der Waals surface area contributed by atoms with E-state index in [0.29, 0.717) is 6.04 Å². The van der Waals surface area contributed by atoms with Gasteiger partial charge in [-0.25, -0.2) is 0 Å². The van der Waals surface area contributed by atoms with Gasteiger partial charge in [0.25, 0.3) is 0 Å². The predicted molar refractivity (Wildman–Crippen MR) is 70.9 cm³/mol. The van der Waals surface area contributed by atoms with Gasteiger partial charge in [0.2, 0.25) is 0 Å². The summed E-state index contributed by atoms with van der Waals surface area (Å²) in [6, 6.07) is 9.42. The van der Waals surface area contributed by atoms with Crippen molar-refractivity contribution in [3.8, 4) is 0 Å². The molecule has 2 heteroatoms. The minimum atomic E-state index is 0.557. The maximum Gasteiger partial charge on any atom is 0.0335 e. The summed E-state index contributed by atoms with van der Waals surface area (Å²) in [5, 5.41) is 7.29. The summed E-state index contributed by atoms with van der Waals surface area (Å²) in [4.78, 5) is 0. The zero-order valence-corrected chi connectivity index (χ0v) is 10.4. The second-order valence-electron chi connectivity index (χ2n) is 5.42. The molecular weight excluding hydrogens is 208 g/mol. The van der Waals surface area contributed by atoms with Crippen LogP contribution in [0.2, 0.25) is 0 Å². The van der Waals surface area contributed by atoms with Gasteiger partial charge in [-0.1, -0.05) is 30.7 Å². The molecular formula is C15H22N2. The van der Waals surface area contributed by atoms with E-state index in [1.54, 1.807) is 0 Å². The van der Waals surface area contributed by atoms with Crippen molar-refractivity contribution in [2.75, 3.05) is 13.1 Å². The van der Waals surface area contributed by atoms with E-state index < -0.39 is 0 Å². The van der Waals surface area contributed by atoms with Gasteiger partial charge in [0.15, 0.2) is 0 Å².